The standard InChI is InChI=1S/C13H7Cl3N2O3/c14-7-4-6(13(20)21)5-8(15)11(7)18-12(19)9-2-1-3-10(16)17-9/h1-5H,(H,18,19)(H,20,21). The predicted molar refractivity (Wildman–Crippen MR) is 80.6 cm³/mol. The monoisotopic (exact) mass is 344 g/mol. The summed E-state index contributed by atoms with van der Waals surface area (Å²) in [5.74, 6) is -1.74. The molecule has 5 nitrogen and oxygen atoms in total. The van der Waals surface area contributed by atoms with Gasteiger partial charge in [0.25, 0.3) is 5.91 Å². The van der Waals surface area contributed by atoms with Crippen LogP contribution in [0.2, 0.25) is 15.2 Å². The van der Waals surface area contributed by atoms with Crippen LogP contribution in [0.3, 0.4) is 0 Å². The molecule has 2 N–H and O–H groups in total. The molecule has 0 atom stereocenters. The number of amides is 1. The summed E-state index contributed by atoms with van der Waals surface area (Å²) in [6.45, 7) is 0. The van der Waals surface area contributed by atoms with Crippen molar-refractivity contribution in [3.8, 4) is 0 Å². The van der Waals surface area contributed by atoms with Crippen molar-refractivity contribution in [2.75, 3.05) is 5.32 Å². The van der Waals surface area contributed by atoms with Gasteiger partial charge in [0.1, 0.15) is 10.8 Å². The van der Waals surface area contributed by atoms with E-state index >= 15 is 0 Å². The molecule has 0 spiro atoms. The maximum Gasteiger partial charge on any atom is 0.335 e. The van der Waals surface area contributed by atoms with Crippen LogP contribution < -0.4 is 5.32 Å². The first-order valence-corrected chi connectivity index (χ1v) is 6.68. The third-order valence-corrected chi connectivity index (χ3v) is 3.28. The smallest absolute Gasteiger partial charge is 0.335 e. The summed E-state index contributed by atoms with van der Waals surface area (Å²) < 4.78 is 0. The lowest BCUT2D eigenvalue weighted by atomic mass is 10.2. The van der Waals surface area contributed by atoms with Gasteiger partial charge >= 0.3 is 5.97 Å². The van der Waals surface area contributed by atoms with Crippen LogP contribution in [0.15, 0.2) is 30.3 Å². The number of hydrogen-bond donors (Lipinski definition) is 2. The molecule has 1 heterocycles. The molecule has 2 aromatic rings. The van der Waals surface area contributed by atoms with Crippen LogP contribution in [-0.4, -0.2) is 22.0 Å². The van der Waals surface area contributed by atoms with Crippen LogP contribution >= 0.6 is 34.8 Å². The fourth-order valence-corrected chi connectivity index (χ4v) is 2.27. The molecule has 0 saturated heterocycles. The first kappa shape index (κ1) is 15.6. The molecule has 0 fully saturated rings. The van der Waals surface area contributed by atoms with Crippen LogP contribution in [0.4, 0.5) is 5.69 Å². The number of aromatic nitrogens is 1. The Labute approximate surface area is 134 Å². The van der Waals surface area contributed by atoms with Crippen molar-refractivity contribution < 1.29 is 14.7 Å². The average Bonchev–Trinajstić information content (AvgIpc) is 2.42. The maximum absolute atomic E-state index is 12.0. The Morgan fingerprint density at radius 1 is 1.10 bits per heavy atom. The van der Waals surface area contributed by atoms with Gasteiger partial charge in [0, 0.05) is 0 Å². The molecular formula is C13H7Cl3N2O3. The van der Waals surface area contributed by atoms with Gasteiger partial charge in [0.15, 0.2) is 0 Å². The second kappa shape index (κ2) is 6.30. The van der Waals surface area contributed by atoms with E-state index in [0.29, 0.717) is 0 Å². The number of nitrogens with one attached hydrogen (secondary N) is 1. The number of benzene rings is 1. The minimum atomic E-state index is -1.17. The number of hydrogen-bond acceptors (Lipinski definition) is 3. The summed E-state index contributed by atoms with van der Waals surface area (Å²) in [5.41, 5.74) is 0.107. The lowest BCUT2D eigenvalue weighted by Gasteiger charge is -2.10. The molecule has 108 valence electrons. The summed E-state index contributed by atoms with van der Waals surface area (Å²) in [6, 6.07) is 6.95. The third kappa shape index (κ3) is 3.64. The topological polar surface area (TPSA) is 79.3 Å². The van der Waals surface area contributed by atoms with Gasteiger partial charge in [-0.3, -0.25) is 4.79 Å². The number of rotatable bonds is 3. The van der Waals surface area contributed by atoms with Gasteiger partial charge in [-0.05, 0) is 24.3 Å². The minimum absolute atomic E-state index is 0.00952. The lowest BCUT2D eigenvalue weighted by molar-refractivity contribution is 0.0696. The van der Waals surface area contributed by atoms with Crippen LogP contribution in [0.1, 0.15) is 20.8 Å². The number of aromatic carboxylic acids is 1. The highest BCUT2D eigenvalue weighted by atomic mass is 35.5. The molecule has 0 aliphatic rings. The summed E-state index contributed by atoms with van der Waals surface area (Å²) in [5, 5.41) is 11.5. The zero-order valence-electron chi connectivity index (χ0n) is 10.2. The Kier molecular flexibility index (Phi) is 4.67. The number of carboxylic acid groups (broad SMARTS) is 1. The predicted octanol–water partition coefficient (Wildman–Crippen LogP) is 3.99. The van der Waals surface area contributed by atoms with E-state index in [-0.39, 0.29) is 32.1 Å². The largest absolute Gasteiger partial charge is 0.478 e. The number of nitrogens with zero attached hydrogens (tertiary/aromatic N) is 1. The number of pyridine rings is 1. The fourth-order valence-electron chi connectivity index (χ4n) is 1.53. The molecule has 1 aromatic carbocycles. The SMILES string of the molecule is O=C(O)c1cc(Cl)c(NC(=O)c2cccc(Cl)n2)c(Cl)c1. The van der Waals surface area contributed by atoms with Crippen molar-refractivity contribution in [2.24, 2.45) is 0 Å². The molecule has 0 bridgehead atoms. The van der Waals surface area contributed by atoms with Crippen molar-refractivity contribution >= 4 is 52.4 Å². The Morgan fingerprint density at radius 3 is 2.24 bits per heavy atom. The molecule has 8 heteroatoms. The molecular weight excluding hydrogens is 339 g/mol. The van der Waals surface area contributed by atoms with Gasteiger partial charge in [-0.2, -0.15) is 0 Å². The quantitative estimate of drug-likeness (QED) is 0.824. The molecule has 0 saturated carbocycles. The van der Waals surface area contributed by atoms with E-state index in [2.05, 4.69) is 10.3 Å². The van der Waals surface area contributed by atoms with Crippen molar-refractivity contribution in [1.82, 2.24) is 4.98 Å². The summed E-state index contributed by atoms with van der Waals surface area (Å²) in [6.07, 6.45) is 0. The minimum Gasteiger partial charge on any atom is -0.478 e. The third-order valence-electron chi connectivity index (χ3n) is 2.48. The molecule has 0 unspecified atom stereocenters. The van der Waals surface area contributed by atoms with E-state index in [0.717, 1.165) is 0 Å². The number of carboxylic acids is 1. The summed E-state index contributed by atoms with van der Waals surface area (Å²) in [4.78, 5) is 26.7. The van der Waals surface area contributed by atoms with Gasteiger partial charge in [-0.15, -0.1) is 0 Å². The van der Waals surface area contributed by atoms with Crippen LogP contribution in [0, 0.1) is 0 Å². The van der Waals surface area contributed by atoms with Crippen molar-refractivity contribution in [3.05, 3.63) is 56.8 Å². The first-order chi connectivity index (χ1) is 9.88. The van der Waals surface area contributed by atoms with E-state index in [1.165, 1.54) is 24.3 Å². The summed E-state index contributed by atoms with van der Waals surface area (Å²) >= 11 is 17.6. The highest BCUT2D eigenvalue weighted by molar-refractivity contribution is 6.40. The number of carbonyl (C=O) groups is 2. The van der Waals surface area contributed by atoms with E-state index in [4.69, 9.17) is 39.9 Å². The van der Waals surface area contributed by atoms with Crippen LogP contribution in [0.25, 0.3) is 0 Å². The zero-order valence-corrected chi connectivity index (χ0v) is 12.5. The fraction of sp³-hybridized carbons (Fsp3) is 0. The van der Waals surface area contributed by atoms with Crippen molar-refractivity contribution in [3.63, 3.8) is 0 Å². The Bertz CT molecular complexity index is 711. The van der Waals surface area contributed by atoms with E-state index < -0.39 is 11.9 Å². The maximum atomic E-state index is 12.0. The van der Waals surface area contributed by atoms with Gasteiger partial charge in [0.2, 0.25) is 0 Å². The average molecular weight is 346 g/mol. The van der Waals surface area contributed by atoms with E-state index in [9.17, 15) is 9.59 Å². The molecule has 0 aliphatic carbocycles. The Morgan fingerprint density at radius 2 is 1.71 bits per heavy atom. The van der Waals surface area contributed by atoms with Gasteiger partial charge < -0.3 is 10.4 Å². The Balaban J connectivity index is 2.32. The second-order valence-corrected chi connectivity index (χ2v) is 5.12. The second-order valence-electron chi connectivity index (χ2n) is 3.92. The number of halogens is 3. The normalized spacial score (nSPS) is 10.2. The first-order valence-electron chi connectivity index (χ1n) is 5.54. The molecule has 21 heavy (non-hydrogen) atoms. The van der Waals surface area contributed by atoms with Gasteiger partial charge in [0.05, 0.1) is 21.3 Å². The lowest BCUT2D eigenvalue weighted by Crippen LogP contribution is -2.14. The van der Waals surface area contributed by atoms with Gasteiger partial charge in [-0.1, -0.05) is 40.9 Å². The highest BCUT2D eigenvalue weighted by Crippen LogP contribution is 2.32. The van der Waals surface area contributed by atoms with Crippen LogP contribution in [0.5, 0.6) is 0 Å². The van der Waals surface area contributed by atoms with Crippen molar-refractivity contribution in [1.29, 1.82) is 0 Å². The van der Waals surface area contributed by atoms with Crippen LogP contribution in [-0.2, 0) is 0 Å². The van der Waals surface area contributed by atoms with Crippen molar-refractivity contribution in [2.45, 2.75) is 0 Å². The Hall–Kier alpha value is -1.82. The molecule has 1 aromatic heterocycles. The summed E-state index contributed by atoms with van der Waals surface area (Å²) in [7, 11) is 0. The zero-order chi connectivity index (χ0) is 15.6. The van der Waals surface area contributed by atoms with Gasteiger partial charge in [-0.25, -0.2) is 9.78 Å². The van der Waals surface area contributed by atoms with E-state index in [1.807, 2.05) is 0 Å². The molecule has 0 radical (unpaired) electrons. The number of anilines is 1. The molecule has 0 aliphatic heterocycles. The molecule has 2 rings (SSSR count). The van der Waals surface area contributed by atoms with E-state index in [1.54, 1.807) is 6.07 Å². The molecule has 1 amide bonds. The highest BCUT2D eigenvalue weighted by Gasteiger charge is 2.16. The number of carbonyl (C=O) groups excluding carboxylic acids is 1.